The van der Waals surface area contributed by atoms with Gasteiger partial charge in [-0.05, 0) is 18.4 Å². The van der Waals surface area contributed by atoms with E-state index in [2.05, 4.69) is 24.4 Å². The van der Waals surface area contributed by atoms with Crippen LogP contribution in [0.5, 0.6) is 0 Å². The van der Waals surface area contributed by atoms with Gasteiger partial charge in [-0.2, -0.15) is 4.57 Å². The Kier molecular flexibility index (Phi) is 3.97. The number of hydrogen-bond acceptors (Lipinski definition) is 1. The normalized spacial score (nSPS) is 9.67. The minimum absolute atomic E-state index is 0. The average Bonchev–Trinajstić information content (AvgIpc) is 2.17. The van der Waals surface area contributed by atoms with Gasteiger partial charge >= 0.3 is 0 Å². The van der Waals surface area contributed by atoms with E-state index in [1.807, 2.05) is 29.8 Å². The molecule has 0 fully saturated rings. The Morgan fingerprint density at radius 3 is 2.53 bits per heavy atom. The van der Waals surface area contributed by atoms with E-state index in [9.17, 15) is 0 Å². The predicted octanol–water partition coefficient (Wildman–Crippen LogP) is 2.74. The van der Waals surface area contributed by atoms with E-state index >= 15 is 0 Å². The van der Waals surface area contributed by atoms with Crippen molar-refractivity contribution in [2.45, 2.75) is 13.5 Å². The lowest BCUT2D eigenvalue weighted by Crippen LogP contribution is -2.35. The molecular weight excluding hydrogens is 252 g/mol. The number of nitrogens with one attached hydrogen (secondary N) is 1. The summed E-state index contributed by atoms with van der Waals surface area (Å²) in [6.45, 7) is 2.49. The second kappa shape index (κ2) is 5.03. The van der Waals surface area contributed by atoms with E-state index in [-0.39, 0.29) is 17.0 Å². The summed E-state index contributed by atoms with van der Waals surface area (Å²) < 4.78 is 2.03. The van der Waals surface area contributed by atoms with Crippen LogP contribution in [0.15, 0.2) is 42.7 Å². The molecule has 0 unspecified atom stereocenters. The molecule has 0 spiro atoms. The van der Waals surface area contributed by atoms with Crippen LogP contribution in [0.4, 0.5) is 0 Å². The van der Waals surface area contributed by atoms with Gasteiger partial charge < -0.3 is 5.41 Å². The summed E-state index contributed by atoms with van der Waals surface area (Å²) in [4.78, 5) is 0. The van der Waals surface area contributed by atoms with Crippen molar-refractivity contribution < 1.29 is 4.57 Å². The Labute approximate surface area is 99.8 Å². The van der Waals surface area contributed by atoms with Crippen LogP contribution < -0.4 is 4.57 Å². The summed E-state index contributed by atoms with van der Waals surface area (Å²) in [6.07, 6.45) is 4.09. The molecule has 1 aromatic carbocycles. The van der Waals surface area contributed by atoms with Gasteiger partial charge in [0.2, 0.25) is 0 Å². The first-order valence-electron chi connectivity index (χ1n) is 4.67. The molecule has 0 saturated carbocycles. The fraction of sp³-hybridized carbons (Fsp3) is 0.167. The van der Waals surface area contributed by atoms with Crippen LogP contribution >= 0.6 is 17.0 Å². The third-order valence-electron chi connectivity index (χ3n) is 2.17. The van der Waals surface area contributed by atoms with Crippen LogP contribution in [0.3, 0.4) is 0 Å². The highest BCUT2D eigenvalue weighted by molar-refractivity contribution is 8.93. The van der Waals surface area contributed by atoms with Crippen LogP contribution in [0.25, 0.3) is 10.8 Å². The van der Waals surface area contributed by atoms with Crippen molar-refractivity contribution in [1.29, 1.82) is 5.41 Å². The van der Waals surface area contributed by atoms with Gasteiger partial charge in [-0.15, -0.1) is 17.0 Å². The van der Waals surface area contributed by atoms with Gasteiger partial charge in [0, 0.05) is 11.5 Å². The molecule has 0 atom stereocenters. The van der Waals surface area contributed by atoms with Gasteiger partial charge in [0.05, 0.1) is 5.71 Å². The molecular formula is C12H14BrN2+. The van der Waals surface area contributed by atoms with Gasteiger partial charge in [0.15, 0.2) is 18.9 Å². The topological polar surface area (TPSA) is 27.7 Å². The number of fused-ring (bicyclic) bond motifs is 1. The smallest absolute Gasteiger partial charge is 0.185 e. The number of nitrogens with zero attached hydrogens (tertiary/aromatic N) is 1. The Morgan fingerprint density at radius 1 is 1.20 bits per heavy atom. The maximum absolute atomic E-state index is 7.42. The maximum atomic E-state index is 7.42. The minimum atomic E-state index is 0. The van der Waals surface area contributed by atoms with Gasteiger partial charge in [-0.1, -0.05) is 18.2 Å². The minimum Gasteiger partial charge on any atom is -0.303 e. The first kappa shape index (κ1) is 11.9. The van der Waals surface area contributed by atoms with E-state index in [4.69, 9.17) is 5.41 Å². The molecule has 0 aliphatic heterocycles. The summed E-state index contributed by atoms with van der Waals surface area (Å²) >= 11 is 0. The molecule has 1 aromatic heterocycles. The lowest BCUT2D eigenvalue weighted by molar-refractivity contribution is -0.680. The monoisotopic (exact) mass is 265 g/mol. The van der Waals surface area contributed by atoms with Gasteiger partial charge in [0.25, 0.3) is 0 Å². The summed E-state index contributed by atoms with van der Waals surface area (Å²) in [5.74, 6) is 0. The lowest BCUT2D eigenvalue weighted by atomic mass is 10.2. The number of benzene rings is 1. The van der Waals surface area contributed by atoms with Gasteiger partial charge in [-0.25, -0.2) is 0 Å². The van der Waals surface area contributed by atoms with E-state index in [1.54, 1.807) is 0 Å². The third kappa shape index (κ3) is 2.86. The molecule has 2 nitrogen and oxygen atoms in total. The fourth-order valence-electron chi connectivity index (χ4n) is 1.55. The fourth-order valence-corrected chi connectivity index (χ4v) is 1.55. The highest BCUT2D eigenvalue weighted by Crippen LogP contribution is 2.09. The molecule has 1 N–H and O–H groups in total. The summed E-state index contributed by atoms with van der Waals surface area (Å²) in [6, 6.07) is 10.3. The molecule has 0 aliphatic rings. The molecule has 3 heteroatoms. The second-order valence-corrected chi connectivity index (χ2v) is 3.53. The Hall–Kier alpha value is -1.22. The number of rotatable bonds is 2. The molecule has 78 valence electrons. The zero-order chi connectivity index (χ0) is 9.97. The molecule has 0 aliphatic carbocycles. The van der Waals surface area contributed by atoms with E-state index in [0.717, 1.165) is 0 Å². The molecule has 0 amide bonds. The van der Waals surface area contributed by atoms with Crippen molar-refractivity contribution in [3.8, 4) is 0 Å². The van der Waals surface area contributed by atoms with Gasteiger partial charge in [0.1, 0.15) is 0 Å². The van der Waals surface area contributed by atoms with Crippen molar-refractivity contribution in [3.63, 3.8) is 0 Å². The van der Waals surface area contributed by atoms with E-state index in [1.165, 1.54) is 10.8 Å². The summed E-state index contributed by atoms with van der Waals surface area (Å²) in [7, 11) is 0. The number of pyridine rings is 1. The first-order valence-corrected chi connectivity index (χ1v) is 4.67. The summed E-state index contributed by atoms with van der Waals surface area (Å²) in [5, 5.41) is 9.88. The first-order chi connectivity index (χ1) is 6.75. The van der Waals surface area contributed by atoms with Crippen LogP contribution in [-0.4, -0.2) is 5.71 Å². The van der Waals surface area contributed by atoms with Crippen LogP contribution in [-0.2, 0) is 6.54 Å². The van der Waals surface area contributed by atoms with E-state index < -0.39 is 0 Å². The molecule has 1 heterocycles. The van der Waals surface area contributed by atoms with Crippen LogP contribution in [0.1, 0.15) is 6.92 Å². The van der Waals surface area contributed by atoms with Gasteiger partial charge in [-0.3, -0.25) is 0 Å². The molecule has 2 aromatic rings. The highest BCUT2D eigenvalue weighted by atomic mass is 79.9. The van der Waals surface area contributed by atoms with Crippen molar-refractivity contribution in [3.05, 3.63) is 42.7 Å². The maximum Gasteiger partial charge on any atom is 0.185 e. The number of halogens is 1. The quantitative estimate of drug-likeness (QED) is 0.639. The largest absolute Gasteiger partial charge is 0.303 e. The molecule has 0 bridgehead atoms. The van der Waals surface area contributed by atoms with Crippen LogP contribution in [0, 0.1) is 5.41 Å². The third-order valence-corrected chi connectivity index (χ3v) is 2.17. The Bertz CT molecular complexity index is 480. The van der Waals surface area contributed by atoms with Crippen molar-refractivity contribution in [2.75, 3.05) is 0 Å². The SMILES string of the molecule is Br.CC(=N)C[n+]1ccc2ccccc2c1. The predicted molar refractivity (Wildman–Crippen MR) is 67.9 cm³/mol. The zero-order valence-corrected chi connectivity index (χ0v) is 10.3. The molecule has 15 heavy (non-hydrogen) atoms. The van der Waals surface area contributed by atoms with Crippen molar-refractivity contribution in [2.24, 2.45) is 0 Å². The molecule has 2 rings (SSSR count). The van der Waals surface area contributed by atoms with Crippen LogP contribution in [0.2, 0.25) is 0 Å². The number of aromatic nitrogens is 1. The standard InChI is InChI=1S/C12H13N2.BrH/c1-10(13)8-14-7-6-11-4-2-3-5-12(11)9-14;/h2-7,9,13H,8H2,1H3;1H/q+1;. The number of hydrogen-bond donors (Lipinski definition) is 1. The summed E-state index contributed by atoms with van der Waals surface area (Å²) in [5.41, 5.74) is 0.672. The Morgan fingerprint density at radius 2 is 1.87 bits per heavy atom. The highest BCUT2D eigenvalue weighted by Gasteiger charge is 2.02. The Balaban J connectivity index is 0.00000112. The van der Waals surface area contributed by atoms with Crippen molar-refractivity contribution in [1.82, 2.24) is 0 Å². The van der Waals surface area contributed by atoms with Crippen molar-refractivity contribution >= 4 is 33.5 Å². The second-order valence-electron chi connectivity index (χ2n) is 3.53. The lowest BCUT2D eigenvalue weighted by Gasteiger charge is -1.97. The van der Waals surface area contributed by atoms with E-state index in [0.29, 0.717) is 12.3 Å². The average molecular weight is 266 g/mol. The zero-order valence-electron chi connectivity index (χ0n) is 8.60. The molecule has 0 saturated heterocycles. The molecule has 0 radical (unpaired) electrons.